The quantitative estimate of drug-likeness (QED) is 0.744. The highest BCUT2D eigenvalue weighted by Gasteiger charge is 2.06. The average molecular weight is 280 g/mol. The highest BCUT2D eigenvalue weighted by Crippen LogP contribution is 2.16. The van der Waals surface area contributed by atoms with Crippen LogP contribution in [0.3, 0.4) is 0 Å². The molecule has 0 aromatic heterocycles. The van der Waals surface area contributed by atoms with Gasteiger partial charge in [0.2, 0.25) is 0 Å². The first-order valence-corrected chi connectivity index (χ1v) is 6.93. The highest BCUT2D eigenvalue weighted by atomic mass is 16.5. The monoisotopic (exact) mass is 280 g/mol. The van der Waals surface area contributed by atoms with E-state index in [1.807, 2.05) is 24.3 Å². The number of carbonyl (C=O) groups excluding carboxylic acids is 1. The largest absolute Gasteiger partial charge is 0.497 e. The molecule has 0 aliphatic carbocycles. The summed E-state index contributed by atoms with van der Waals surface area (Å²) in [5, 5.41) is 2.82. The van der Waals surface area contributed by atoms with Gasteiger partial charge in [-0.1, -0.05) is 13.3 Å². The zero-order chi connectivity index (χ0) is 14.8. The lowest BCUT2D eigenvalue weighted by atomic mass is 10.3. The van der Waals surface area contributed by atoms with Gasteiger partial charge in [0.1, 0.15) is 18.1 Å². The minimum absolute atomic E-state index is 0.0585. The molecule has 1 aromatic carbocycles. The lowest BCUT2D eigenvalue weighted by Crippen LogP contribution is -2.39. The number of unbranched alkanes of at least 4 members (excludes halogenated alkanes) is 1. The molecule has 20 heavy (non-hydrogen) atoms. The van der Waals surface area contributed by atoms with E-state index in [4.69, 9.17) is 9.47 Å². The lowest BCUT2D eigenvalue weighted by Gasteiger charge is -2.17. The number of hydrogen-bond acceptors (Lipinski definition) is 3. The summed E-state index contributed by atoms with van der Waals surface area (Å²) < 4.78 is 10.6. The predicted octanol–water partition coefficient (Wildman–Crippen LogP) is 2.52. The normalized spacial score (nSPS) is 9.95. The van der Waals surface area contributed by atoms with Crippen molar-refractivity contribution in [2.24, 2.45) is 0 Å². The molecule has 5 nitrogen and oxygen atoms in total. The topological polar surface area (TPSA) is 50.8 Å². The molecule has 0 aliphatic heterocycles. The van der Waals surface area contributed by atoms with Gasteiger partial charge in [-0.2, -0.15) is 0 Å². The molecule has 0 bridgehead atoms. The van der Waals surface area contributed by atoms with E-state index in [1.54, 1.807) is 19.1 Å². The van der Waals surface area contributed by atoms with E-state index in [1.165, 1.54) is 0 Å². The number of rotatable bonds is 8. The summed E-state index contributed by atoms with van der Waals surface area (Å²) in [5.74, 6) is 1.56. The molecule has 1 aromatic rings. The lowest BCUT2D eigenvalue weighted by molar-refractivity contribution is 0.204. The van der Waals surface area contributed by atoms with Gasteiger partial charge >= 0.3 is 6.03 Å². The van der Waals surface area contributed by atoms with Crippen LogP contribution >= 0.6 is 0 Å². The van der Waals surface area contributed by atoms with Crippen molar-refractivity contribution in [3.8, 4) is 11.5 Å². The van der Waals surface area contributed by atoms with E-state index in [2.05, 4.69) is 12.2 Å². The van der Waals surface area contributed by atoms with E-state index in [0.717, 1.165) is 30.9 Å². The number of nitrogens with one attached hydrogen (secondary N) is 1. The van der Waals surface area contributed by atoms with Crippen LogP contribution < -0.4 is 14.8 Å². The predicted molar refractivity (Wildman–Crippen MR) is 79.4 cm³/mol. The van der Waals surface area contributed by atoms with Crippen LogP contribution in [0, 0.1) is 0 Å². The van der Waals surface area contributed by atoms with Crippen LogP contribution in [0.1, 0.15) is 19.8 Å². The molecule has 0 fully saturated rings. The number of methoxy groups -OCH3 is 1. The minimum atomic E-state index is -0.0585. The molecule has 0 saturated heterocycles. The molecule has 1 rings (SSSR count). The molecule has 2 amide bonds. The fourth-order valence-electron chi connectivity index (χ4n) is 1.63. The smallest absolute Gasteiger partial charge is 0.317 e. The van der Waals surface area contributed by atoms with Crippen molar-refractivity contribution in [2.75, 3.05) is 33.9 Å². The van der Waals surface area contributed by atoms with Crippen LogP contribution in [0.2, 0.25) is 0 Å². The molecule has 0 heterocycles. The van der Waals surface area contributed by atoms with Gasteiger partial charge in [0.15, 0.2) is 0 Å². The van der Waals surface area contributed by atoms with E-state index in [-0.39, 0.29) is 6.03 Å². The summed E-state index contributed by atoms with van der Waals surface area (Å²) in [6.07, 6.45) is 2.10. The number of nitrogens with zero attached hydrogens (tertiary/aromatic N) is 1. The molecular formula is C15H24N2O3. The van der Waals surface area contributed by atoms with Crippen LogP contribution in [-0.4, -0.2) is 44.8 Å². The van der Waals surface area contributed by atoms with Crippen molar-refractivity contribution < 1.29 is 14.3 Å². The molecule has 0 spiro atoms. The zero-order valence-electron chi connectivity index (χ0n) is 12.5. The Kier molecular flexibility index (Phi) is 7.32. The molecule has 0 saturated carbocycles. The summed E-state index contributed by atoms with van der Waals surface area (Å²) in [4.78, 5) is 13.4. The van der Waals surface area contributed by atoms with Crippen LogP contribution in [0.5, 0.6) is 11.5 Å². The maximum Gasteiger partial charge on any atom is 0.317 e. The van der Waals surface area contributed by atoms with Gasteiger partial charge in [0.05, 0.1) is 13.7 Å². The molecular weight excluding hydrogens is 256 g/mol. The second kappa shape index (κ2) is 9.07. The Morgan fingerprint density at radius 1 is 1.25 bits per heavy atom. The maximum absolute atomic E-state index is 11.7. The summed E-state index contributed by atoms with van der Waals surface area (Å²) in [6, 6.07) is 7.30. The number of carbonyl (C=O) groups is 1. The standard InChI is InChI=1S/C15H24N2O3/c1-4-5-11-17(2)15(18)16-10-12-20-14-8-6-13(19-3)7-9-14/h6-9H,4-5,10-12H2,1-3H3,(H,16,18). The summed E-state index contributed by atoms with van der Waals surface area (Å²) in [5.41, 5.74) is 0. The number of ether oxygens (including phenoxy) is 2. The van der Waals surface area contributed by atoms with Crippen molar-refractivity contribution in [1.82, 2.24) is 10.2 Å². The Hall–Kier alpha value is -1.91. The SMILES string of the molecule is CCCCN(C)C(=O)NCCOc1ccc(OC)cc1. The van der Waals surface area contributed by atoms with Gasteiger partial charge in [0, 0.05) is 13.6 Å². The van der Waals surface area contributed by atoms with Crippen molar-refractivity contribution >= 4 is 6.03 Å². The Morgan fingerprint density at radius 2 is 1.90 bits per heavy atom. The molecule has 112 valence electrons. The van der Waals surface area contributed by atoms with E-state index >= 15 is 0 Å². The molecule has 1 N–H and O–H groups in total. The fourth-order valence-corrected chi connectivity index (χ4v) is 1.63. The highest BCUT2D eigenvalue weighted by molar-refractivity contribution is 5.73. The average Bonchev–Trinajstić information content (AvgIpc) is 2.49. The van der Waals surface area contributed by atoms with Gasteiger partial charge in [-0.05, 0) is 30.7 Å². The first-order valence-electron chi connectivity index (χ1n) is 6.93. The Morgan fingerprint density at radius 3 is 2.50 bits per heavy atom. The first-order chi connectivity index (χ1) is 9.67. The van der Waals surface area contributed by atoms with Crippen LogP contribution in [0.4, 0.5) is 4.79 Å². The molecule has 5 heteroatoms. The van der Waals surface area contributed by atoms with E-state index < -0.39 is 0 Å². The number of amides is 2. The maximum atomic E-state index is 11.7. The van der Waals surface area contributed by atoms with Crippen molar-refractivity contribution in [3.63, 3.8) is 0 Å². The third-order valence-corrected chi connectivity index (χ3v) is 2.90. The second-order valence-electron chi connectivity index (χ2n) is 4.53. The van der Waals surface area contributed by atoms with Crippen LogP contribution in [0.15, 0.2) is 24.3 Å². The zero-order valence-corrected chi connectivity index (χ0v) is 12.5. The van der Waals surface area contributed by atoms with Crippen LogP contribution in [-0.2, 0) is 0 Å². The van der Waals surface area contributed by atoms with Gasteiger partial charge in [-0.25, -0.2) is 4.79 Å². The van der Waals surface area contributed by atoms with Gasteiger partial charge in [-0.15, -0.1) is 0 Å². The number of hydrogen-bond donors (Lipinski definition) is 1. The summed E-state index contributed by atoms with van der Waals surface area (Å²) in [6.45, 7) is 3.82. The molecule has 0 atom stereocenters. The van der Waals surface area contributed by atoms with Gasteiger partial charge in [-0.3, -0.25) is 0 Å². The Bertz CT molecular complexity index is 393. The third kappa shape index (κ3) is 5.82. The first kappa shape index (κ1) is 16.1. The minimum Gasteiger partial charge on any atom is -0.497 e. The Balaban J connectivity index is 2.18. The number of benzene rings is 1. The van der Waals surface area contributed by atoms with Crippen molar-refractivity contribution in [3.05, 3.63) is 24.3 Å². The van der Waals surface area contributed by atoms with E-state index in [9.17, 15) is 4.79 Å². The Labute approximate surface area is 120 Å². The van der Waals surface area contributed by atoms with Gasteiger partial charge in [0.25, 0.3) is 0 Å². The van der Waals surface area contributed by atoms with Crippen molar-refractivity contribution in [1.29, 1.82) is 0 Å². The second-order valence-corrected chi connectivity index (χ2v) is 4.53. The third-order valence-electron chi connectivity index (χ3n) is 2.90. The molecule has 0 aliphatic rings. The summed E-state index contributed by atoms with van der Waals surface area (Å²) >= 11 is 0. The van der Waals surface area contributed by atoms with Crippen molar-refractivity contribution in [2.45, 2.75) is 19.8 Å². The molecule has 0 unspecified atom stereocenters. The van der Waals surface area contributed by atoms with E-state index in [0.29, 0.717) is 13.2 Å². The fraction of sp³-hybridized carbons (Fsp3) is 0.533. The number of urea groups is 1. The molecule has 0 radical (unpaired) electrons. The van der Waals surface area contributed by atoms with Gasteiger partial charge < -0.3 is 19.7 Å². The summed E-state index contributed by atoms with van der Waals surface area (Å²) in [7, 11) is 3.43. The van der Waals surface area contributed by atoms with Crippen LogP contribution in [0.25, 0.3) is 0 Å².